The lowest BCUT2D eigenvalue weighted by molar-refractivity contribution is -0.136. The van der Waals surface area contributed by atoms with Gasteiger partial charge in [-0.1, -0.05) is 13.2 Å². The highest BCUT2D eigenvalue weighted by Crippen LogP contribution is 2.19. The lowest BCUT2D eigenvalue weighted by atomic mass is 9.98. The first-order valence-corrected chi connectivity index (χ1v) is 7.18. The van der Waals surface area contributed by atoms with Crippen molar-refractivity contribution in [2.24, 2.45) is 0 Å². The largest absolute Gasteiger partial charge is 0.502 e. The Balaban J connectivity index is 4.61. The molecular weight excluding hydrogens is 288 g/mol. The third-order valence-corrected chi connectivity index (χ3v) is 2.99. The fourth-order valence-electron chi connectivity index (χ4n) is 1.91. The molecule has 0 unspecified atom stereocenters. The maximum atomic E-state index is 11.3. The quantitative estimate of drug-likeness (QED) is 0.291. The Morgan fingerprint density at radius 1 is 0.773 bits per heavy atom. The van der Waals surface area contributed by atoms with Crippen LogP contribution in [0.25, 0.3) is 0 Å². The molecule has 0 saturated heterocycles. The summed E-state index contributed by atoms with van der Waals surface area (Å²) in [6.45, 7) is 7.70. The van der Waals surface area contributed by atoms with Crippen molar-refractivity contribution >= 4 is 11.9 Å². The van der Waals surface area contributed by atoms with Gasteiger partial charge in [-0.3, -0.25) is 0 Å². The molecule has 0 aliphatic rings. The molecule has 0 radical (unpaired) electrons. The Bertz CT molecular complexity index is 373. The Labute approximate surface area is 130 Å². The highest BCUT2D eigenvalue weighted by Gasteiger charge is 2.19. The van der Waals surface area contributed by atoms with Gasteiger partial charge in [-0.15, -0.1) is 0 Å². The second kappa shape index (κ2) is 12.5. The molecule has 0 aromatic rings. The highest BCUT2D eigenvalue weighted by molar-refractivity contribution is 5.98. The average Bonchev–Trinajstić information content (AvgIpc) is 2.47. The van der Waals surface area contributed by atoms with Gasteiger partial charge in [0.25, 0.3) is 0 Å². The van der Waals surface area contributed by atoms with Gasteiger partial charge in [0.05, 0.1) is 25.7 Å². The van der Waals surface area contributed by atoms with Gasteiger partial charge in [0, 0.05) is 11.1 Å². The molecular formula is C16H24O6. The van der Waals surface area contributed by atoms with E-state index in [4.69, 9.17) is 9.47 Å². The molecule has 124 valence electrons. The highest BCUT2D eigenvalue weighted by atomic mass is 16.5. The molecule has 0 aliphatic carbocycles. The van der Waals surface area contributed by atoms with E-state index in [1.165, 1.54) is 12.5 Å². The van der Waals surface area contributed by atoms with Gasteiger partial charge in [-0.2, -0.15) is 0 Å². The summed E-state index contributed by atoms with van der Waals surface area (Å²) in [5.41, 5.74) is -0.0634. The van der Waals surface area contributed by atoms with Crippen LogP contribution in [0.5, 0.6) is 0 Å². The standard InChI is InChI=1S/C16H24O6/c1-3-21-11-7-5-9-13(15(17)18)14(16(19)20)10-6-8-12-22-4-2/h3-4H,1-2,5-12H2,(H,17,18)(H,19,20). The summed E-state index contributed by atoms with van der Waals surface area (Å²) in [5.74, 6) is -2.35. The van der Waals surface area contributed by atoms with Gasteiger partial charge >= 0.3 is 11.9 Å². The summed E-state index contributed by atoms with van der Waals surface area (Å²) in [6, 6.07) is 0. The minimum atomic E-state index is -1.18. The number of carbonyl (C=O) groups is 2. The van der Waals surface area contributed by atoms with E-state index in [2.05, 4.69) is 13.2 Å². The predicted octanol–water partition coefficient (Wildman–Crippen LogP) is 3.11. The van der Waals surface area contributed by atoms with Crippen LogP contribution >= 0.6 is 0 Å². The van der Waals surface area contributed by atoms with Gasteiger partial charge in [-0.05, 0) is 38.5 Å². The lowest BCUT2D eigenvalue weighted by Gasteiger charge is -2.09. The van der Waals surface area contributed by atoms with Crippen LogP contribution in [-0.4, -0.2) is 35.4 Å². The van der Waals surface area contributed by atoms with Crippen LogP contribution in [0.3, 0.4) is 0 Å². The third kappa shape index (κ3) is 8.84. The van der Waals surface area contributed by atoms with E-state index < -0.39 is 11.9 Å². The van der Waals surface area contributed by atoms with Crippen molar-refractivity contribution in [3.05, 3.63) is 36.8 Å². The molecule has 0 aliphatic heterocycles. The van der Waals surface area contributed by atoms with Crippen LogP contribution < -0.4 is 0 Å². The molecule has 0 aromatic carbocycles. The fraction of sp³-hybridized carbons (Fsp3) is 0.500. The lowest BCUT2D eigenvalue weighted by Crippen LogP contribution is -2.12. The SMILES string of the molecule is C=COCCCCC(C(=O)O)=C(CCCCOC=C)C(=O)O. The van der Waals surface area contributed by atoms with Crippen LogP contribution in [0.4, 0.5) is 0 Å². The molecule has 0 saturated carbocycles. The van der Waals surface area contributed by atoms with Crippen molar-refractivity contribution in [3.8, 4) is 0 Å². The van der Waals surface area contributed by atoms with Crippen molar-refractivity contribution in [1.29, 1.82) is 0 Å². The van der Waals surface area contributed by atoms with Gasteiger partial charge in [0.2, 0.25) is 0 Å². The molecule has 0 spiro atoms. The summed E-state index contributed by atoms with van der Waals surface area (Å²) in [7, 11) is 0. The van der Waals surface area contributed by atoms with Crippen LogP contribution in [0.1, 0.15) is 38.5 Å². The van der Waals surface area contributed by atoms with E-state index in [0.29, 0.717) is 38.9 Å². The molecule has 6 heteroatoms. The van der Waals surface area contributed by atoms with Crippen LogP contribution in [-0.2, 0) is 19.1 Å². The minimum absolute atomic E-state index is 0.0317. The normalized spacial score (nSPS) is 11.3. The van der Waals surface area contributed by atoms with Crippen molar-refractivity contribution in [2.75, 3.05) is 13.2 Å². The number of aliphatic carboxylic acids is 2. The number of rotatable bonds is 14. The number of carboxylic acids is 2. The van der Waals surface area contributed by atoms with Gasteiger partial charge in [-0.25, -0.2) is 9.59 Å². The van der Waals surface area contributed by atoms with E-state index in [1.807, 2.05) is 0 Å². The first-order valence-electron chi connectivity index (χ1n) is 7.18. The summed E-state index contributed by atoms with van der Waals surface area (Å²) in [4.78, 5) is 22.6. The van der Waals surface area contributed by atoms with E-state index in [9.17, 15) is 19.8 Å². The first kappa shape index (κ1) is 19.8. The zero-order valence-electron chi connectivity index (χ0n) is 12.8. The molecule has 0 fully saturated rings. The summed E-state index contributed by atoms with van der Waals surface area (Å²) < 4.78 is 9.90. The molecule has 22 heavy (non-hydrogen) atoms. The molecule has 0 amide bonds. The fourth-order valence-corrected chi connectivity index (χ4v) is 1.91. The monoisotopic (exact) mass is 312 g/mol. The second-order valence-electron chi connectivity index (χ2n) is 4.56. The molecule has 0 atom stereocenters. The van der Waals surface area contributed by atoms with Crippen LogP contribution in [0, 0.1) is 0 Å². The summed E-state index contributed by atoms with van der Waals surface area (Å²) >= 11 is 0. The van der Waals surface area contributed by atoms with Crippen molar-refractivity contribution in [1.82, 2.24) is 0 Å². The number of unbranched alkanes of at least 4 members (excludes halogenated alkanes) is 2. The molecule has 0 rings (SSSR count). The summed E-state index contributed by atoms with van der Waals surface area (Å²) in [6.07, 6.45) is 5.44. The Morgan fingerprint density at radius 2 is 1.14 bits per heavy atom. The van der Waals surface area contributed by atoms with Gasteiger partial charge in [0.15, 0.2) is 0 Å². The molecule has 0 heterocycles. The molecule has 2 N–H and O–H groups in total. The second-order valence-corrected chi connectivity index (χ2v) is 4.56. The Hall–Kier alpha value is -2.24. The molecule has 6 nitrogen and oxygen atoms in total. The topological polar surface area (TPSA) is 93.1 Å². The van der Waals surface area contributed by atoms with Crippen LogP contribution in [0.15, 0.2) is 36.8 Å². The number of ether oxygens (including phenoxy) is 2. The van der Waals surface area contributed by atoms with Crippen molar-refractivity contribution in [2.45, 2.75) is 38.5 Å². The zero-order valence-corrected chi connectivity index (χ0v) is 12.8. The maximum absolute atomic E-state index is 11.3. The van der Waals surface area contributed by atoms with E-state index in [0.717, 1.165) is 0 Å². The third-order valence-electron chi connectivity index (χ3n) is 2.99. The maximum Gasteiger partial charge on any atom is 0.332 e. The predicted molar refractivity (Wildman–Crippen MR) is 82.3 cm³/mol. The molecule has 0 bridgehead atoms. The van der Waals surface area contributed by atoms with Gasteiger partial charge < -0.3 is 19.7 Å². The van der Waals surface area contributed by atoms with Crippen molar-refractivity contribution in [3.63, 3.8) is 0 Å². The van der Waals surface area contributed by atoms with E-state index in [-0.39, 0.29) is 24.0 Å². The first-order chi connectivity index (χ1) is 10.5. The number of hydrogen-bond acceptors (Lipinski definition) is 4. The van der Waals surface area contributed by atoms with E-state index >= 15 is 0 Å². The Kier molecular flexibility index (Phi) is 11.2. The molecule has 0 aromatic heterocycles. The van der Waals surface area contributed by atoms with Crippen LogP contribution in [0.2, 0.25) is 0 Å². The summed E-state index contributed by atoms with van der Waals surface area (Å²) in [5, 5.41) is 18.5. The van der Waals surface area contributed by atoms with Gasteiger partial charge in [0.1, 0.15) is 0 Å². The van der Waals surface area contributed by atoms with Crippen molar-refractivity contribution < 1.29 is 29.3 Å². The van der Waals surface area contributed by atoms with E-state index in [1.54, 1.807) is 0 Å². The Morgan fingerprint density at radius 3 is 1.41 bits per heavy atom. The zero-order chi connectivity index (χ0) is 16.8. The number of carboxylic acid groups (broad SMARTS) is 2. The average molecular weight is 312 g/mol. The minimum Gasteiger partial charge on any atom is -0.502 e. The smallest absolute Gasteiger partial charge is 0.332 e. The number of hydrogen-bond donors (Lipinski definition) is 2.